The van der Waals surface area contributed by atoms with Gasteiger partial charge in [0.2, 0.25) is 5.91 Å². The van der Waals surface area contributed by atoms with E-state index in [2.05, 4.69) is 29.0 Å². The van der Waals surface area contributed by atoms with Crippen LogP contribution >= 0.6 is 11.6 Å². The number of ether oxygens (including phenoxy) is 1. The summed E-state index contributed by atoms with van der Waals surface area (Å²) < 4.78 is 7.41. The van der Waals surface area contributed by atoms with E-state index in [1.807, 2.05) is 23.1 Å². The number of rotatable bonds is 11. The van der Waals surface area contributed by atoms with Crippen molar-refractivity contribution >= 4 is 17.5 Å². The summed E-state index contributed by atoms with van der Waals surface area (Å²) in [5.41, 5.74) is 2.31. The van der Waals surface area contributed by atoms with Crippen molar-refractivity contribution in [3.63, 3.8) is 0 Å². The summed E-state index contributed by atoms with van der Waals surface area (Å²) in [5, 5.41) is 0.750. The molecule has 0 aliphatic heterocycles. The van der Waals surface area contributed by atoms with Gasteiger partial charge < -0.3 is 14.2 Å². The maximum atomic E-state index is 13.0. The van der Waals surface area contributed by atoms with Gasteiger partial charge >= 0.3 is 0 Å². The molecule has 2 aromatic rings. The first kappa shape index (κ1) is 21.9. The minimum Gasteiger partial charge on any atom is -0.385 e. The van der Waals surface area contributed by atoms with E-state index in [0.29, 0.717) is 19.6 Å². The summed E-state index contributed by atoms with van der Waals surface area (Å²) >= 11 is 6.14. The molecule has 0 saturated heterocycles. The first-order valence-corrected chi connectivity index (χ1v) is 11.2. The van der Waals surface area contributed by atoms with Crippen LogP contribution in [0.5, 0.6) is 0 Å². The van der Waals surface area contributed by atoms with Gasteiger partial charge in [0, 0.05) is 50.1 Å². The van der Waals surface area contributed by atoms with Gasteiger partial charge in [-0.15, -0.1) is 0 Å². The molecule has 4 nitrogen and oxygen atoms in total. The van der Waals surface area contributed by atoms with Crippen molar-refractivity contribution in [2.45, 2.75) is 58.0 Å². The number of carbonyl (C=O) groups excluding carboxylic acids is 1. The largest absolute Gasteiger partial charge is 0.385 e. The Kier molecular flexibility index (Phi) is 8.63. The Bertz CT molecular complexity index is 768. The number of hydrogen-bond acceptors (Lipinski definition) is 2. The van der Waals surface area contributed by atoms with Gasteiger partial charge in [0.15, 0.2) is 0 Å². The molecule has 3 rings (SSSR count). The van der Waals surface area contributed by atoms with Crippen LogP contribution in [0.2, 0.25) is 5.02 Å². The van der Waals surface area contributed by atoms with Gasteiger partial charge in [-0.25, -0.2) is 0 Å². The van der Waals surface area contributed by atoms with Crippen LogP contribution in [-0.4, -0.2) is 35.6 Å². The molecule has 0 unspecified atom stereocenters. The SMILES string of the molecule is COCCCN(Cc1cccn1Cc1cccc(Cl)c1)C(=O)CCC1CCCC1. The summed E-state index contributed by atoms with van der Waals surface area (Å²) in [4.78, 5) is 15.0. The van der Waals surface area contributed by atoms with E-state index in [0.717, 1.165) is 48.1 Å². The van der Waals surface area contributed by atoms with Crippen LogP contribution in [0.15, 0.2) is 42.6 Å². The van der Waals surface area contributed by atoms with Crippen LogP contribution in [0, 0.1) is 5.92 Å². The minimum atomic E-state index is 0.267. The van der Waals surface area contributed by atoms with Gasteiger partial charge in [0.25, 0.3) is 0 Å². The smallest absolute Gasteiger partial charge is 0.222 e. The van der Waals surface area contributed by atoms with Crippen LogP contribution in [0.25, 0.3) is 0 Å². The van der Waals surface area contributed by atoms with Crippen molar-refractivity contribution in [1.29, 1.82) is 0 Å². The van der Waals surface area contributed by atoms with E-state index in [1.165, 1.54) is 25.7 Å². The Morgan fingerprint density at radius 2 is 2.07 bits per heavy atom. The van der Waals surface area contributed by atoms with Crippen LogP contribution in [-0.2, 0) is 22.6 Å². The zero-order valence-electron chi connectivity index (χ0n) is 17.5. The molecule has 0 spiro atoms. The normalized spacial score (nSPS) is 14.4. The van der Waals surface area contributed by atoms with Crippen molar-refractivity contribution in [2.75, 3.05) is 20.3 Å². The number of nitrogens with zero attached hydrogens (tertiary/aromatic N) is 2. The molecule has 1 aromatic heterocycles. The highest BCUT2D eigenvalue weighted by molar-refractivity contribution is 6.30. The molecule has 1 heterocycles. The predicted molar refractivity (Wildman–Crippen MR) is 118 cm³/mol. The summed E-state index contributed by atoms with van der Waals surface area (Å²) in [6.45, 7) is 2.81. The molecule has 5 heteroatoms. The topological polar surface area (TPSA) is 34.5 Å². The first-order chi connectivity index (χ1) is 14.2. The number of halogens is 1. The van der Waals surface area contributed by atoms with Crippen molar-refractivity contribution in [1.82, 2.24) is 9.47 Å². The molecular formula is C24H33ClN2O2. The highest BCUT2D eigenvalue weighted by atomic mass is 35.5. The lowest BCUT2D eigenvalue weighted by Crippen LogP contribution is -2.33. The van der Waals surface area contributed by atoms with Crippen molar-refractivity contribution in [2.24, 2.45) is 5.92 Å². The second-order valence-electron chi connectivity index (χ2n) is 8.11. The number of methoxy groups -OCH3 is 1. The van der Waals surface area contributed by atoms with E-state index in [4.69, 9.17) is 16.3 Å². The van der Waals surface area contributed by atoms with Gasteiger partial charge in [-0.05, 0) is 48.6 Å². The molecule has 0 N–H and O–H groups in total. The fourth-order valence-corrected chi connectivity index (χ4v) is 4.46. The Morgan fingerprint density at radius 1 is 1.24 bits per heavy atom. The van der Waals surface area contributed by atoms with Crippen LogP contribution < -0.4 is 0 Å². The van der Waals surface area contributed by atoms with Crippen LogP contribution in [0.3, 0.4) is 0 Å². The summed E-state index contributed by atoms with van der Waals surface area (Å²) in [6.07, 6.45) is 9.86. The highest BCUT2D eigenvalue weighted by Gasteiger charge is 2.20. The third-order valence-electron chi connectivity index (χ3n) is 5.89. The van der Waals surface area contributed by atoms with Crippen molar-refractivity contribution in [3.8, 4) is 0 Å². The quantitative estimate of drug-likeness (QED) is 0.451. The maximum absolute atomic E-state index is 13.0. The van der Waals surface area contributed by atoms with Gasteiger partial charge in [0.05, 0.1) is 6.54 Å². The Balaban J connectivity index is 1.63. The van der Waals surface area contributed by atoms with E-state index >= 15 is 0 Å². The third kappa shape index (κ3) is 6.90. The van der Waals surface area contributed by atoms with Gasteiger partial charge in [-0.2, -0.15) is 0 Å². The summed E-state index contributed by atoms with van der Waals surface area (Å²) in [6, 6.07) is 12.1. The second-order valence-corrected chi connectivity index (χ2v) is 8.54. The number of benzene rings is 1. The van der Waals surface area contributed by atoms with Crippen LogP contribution in [0.1, 0.15) is 56.2 Å². The first-order valence-electron chi connectivity index (χ1n) is 10.8. The average Bonchev–Trinajstić information content (AvgIpc) is 3.38. The highest BCUT2D eigenvalue weighted by Crippen LogP contribution is 2.29. The minimum absolute atomic E-state index is 0.267. The fraction of sp³-hybridized carbons (Fsp3) is 0.542. The zero-order chi connectivity index (χ0) is 20.5. The molecule has 158 valence electrons. The molecular weight excluding hydrogens is 384 g/mol. The zero-order valence-corrected chi connectivity index (χ0v) is 18.2. The fourth-order valence-electron chi connectivity index (χ4n) is 4.25. The van der Waals surface area contributed by atoms with Gasteiger partial charge in [-0.3, -0.25) is 4.79 Å². The Morgan fingerprint density at radius 3 is 2.83 bits per heavy atom. The van der Waals surface area contributed by atoms with E-state index in [-0.39, 0.29) is 5.91 Å². The molecule has 0 radical (unpaired) electrons. The monoisotopic (exact) mass is 416 g/mol. The number of carbonyl (C=O) groups is 1. The van der Waals surface area contributed by atoms with E-state index < -0.39 is 0 Å². The lowest BCUT2D eigenvalue weighted by Gasteiger charge is -2.24. The molecule has 1 fully saturated rings. The van der Waals surface area contributed by atoms with E-state index in [1.54, 1.807) is 7.11 Å². The molecule has 0 atom stereocenters. The Hall–Kier alpha value is -1.78. The van der Waals surface area contributed by atoms with Gasteiger partial charge in [-0.1, -0.05) is 49.4 Å². The molecule has 29 heavy (non-hydrogen) atoms. The third-order valence-corrected chi connectivity index (χ3v) is 6.12. The van der Waals surface area contributed by atoms with Crippen LogP contribution in [0.4, 0.5) is 0 Å². The Labute approximate surface area is 179 Å². The van der Waals surface area contributed by atoms with Crippen molar-refractivity contribution in [3.05, 3.63) is 58.9 Å². The molecule has 0 bridgehead atoms. The summed E-state index contributed by atoms with van der Waals surface area (Å²) in [7, 11) is 1.71. The van der Waals surface area contributed by atoms with E-state index in [9.17, 15) is 4.79 Å². The second kappa shape index (κ2) is 11.4. The molecule has 1 aromatic carbocycles. The molecule has 1 amide bonds. The lowest BCUT2D eigenvalue weighted by atomic mass is 10.0. The predicted octanol–water partition coefficient (Wildman–Crippen LogP) is 5.53. The summed E-state index contributed by atoms with van der Waals surface area (Å²) in [5.74, 6) is 1.01. The maximum Gasteiger partial charge on any atom is 0.222 e. The number of aromatic nitrogens is 1. The van der Waals surface area contributed by atoms with Crippen molar-refractivity contribution < 1.29 is 9.53 Å². The molecule has 1 saturated carbocycles. The number of amides is 1. The molecule has 1 aliphatic rings. The average molecular weight is 417 g/mol. The number of hydrogen-bond donors (Lipinski definition) is 0. The standard InChI is InChI=1S/C24H33ClN2O2/c1-29-16-6-15-27(24(28)13-12-20-7-2-3-8-20)19-23-11-5-14-26(23)18-21-9-4-10-22(25)17-21/h4-5,9-11,14,17,20H,2-3,6-8,12-13,15-16,18-19H2,1H3. The van der Waals surface area contributed by atoms with Gasteiger partial charge in [0.1, 0.15) is 0 Å². The lowest BCUT2D eigenvalue weighted by molar-refractivity contribution is -0.132. The molecule has 1 aliphatic carbocycles.